The minimum absolute atomic E-state index is 0.262. The molecule has 20 heavy (non-hydrogen) atoms. The lowest BCUT2D eigenvalue weighted by molar-refractivity contribution is -0.134. The summed E-state index contributed by atoms with van der Waals surface area (Å²) in [6.45, 7) is 7.02. The highest BCUT2D eigenvalue weighted by Crippen LogP contribution is 2.24. The Labute approximate surface area is 122 Å². The molecule has 0 saturated heterocycles. The molecule has 0 saturated carbocycles. The maximum Gasteiger partial charge on any atom is 0.672 e. The highest BCUT2D eigenvalue weighted by atomic mass is 28.5. The van der Waals surface area contributed by atoms with Gasteiger partial charge in [-0.05, 0) is 6.92 Å². The Bertz CT molecular complexity index is 324. The van der Waals surface area contributed by atoms with Crippen LogP contribution >= 0.6 is 0 Å². The van der Waals surface area contributed by atoms with Crippen molar-refractivity contribution in [3.63, 3.8) is 0 Å². The van der Waals surface area contributed by atoms with Gasteiger partial charge in [0.15, 0.2) is 0 Å². The van der Waals surface area contributed by atoms with Gasteiger partial charge in [0.05, 0.1) is 0 Å². The van der Waals surface area contributed by atoms with Gasteiger partial charge in [0.1, 0.15) is 0 Å². The van der Waals surface area contributed by atoms with Crippen LogP contribution in [0, 0.1) is 0 Å². The smallest absolute Gasteiger partial charge is 0.470 e. The van der Waals surface area contributed by atoms with Gasteiger partial charge < -0.3 is 26.2 Å². The fraction of sp³-hybridized carbons (Fsp3) is 0.727. The largest absolute Gasteiger partial charge is 0.672 e. The van der Waals surface area contributed by atoms with Gasteiger partial charge in [-0.15, -0.1) is 0 Å². The van der Waals surface area contributed by atoms with E-state index in [9.17, 15) is 4.79 Å². The standard InChI is InChI=1S/C11H24O7Si2/c1-8-9-19(13-4,17-11(12)10(2)3)18-20(14-5,15-6)16-7/h2,8-9H2,1,3-7H3. The third kappa shape index (κ3) is 5.09. The molecule has 1 atom stereocenters. The average Bonchev–Trinajstić information content (AvgIpc) is 2.45. The first kappa shape index (κ1) is 19.4. The van der Waals surface area contributed by atoms with Crippen molar-refractivity contribution in [2.45, 2.75) is 26.3 Å². The Hall–Kier alpha value is -0.556. The second kappa shape index (κ2) is 8.67. The van der Waals surface area contributed by atoms with Gasteiger partial charge in [-0.1, -0.05) is 19.9 Å². The lowest BCUT2D eigenvalue weighted by atomic mass is 10.4. The van der Waals surface area contributed by atoms with Crippen molar-refractivity contribution in [2.75, 3.05) is 28.4 Å². The van der Waals surface area contributed by atoms with E-state index in [0.29, 0.717) is 12.5 Å². The van der Waals surface area contributed by atoms with Crippen molar-refractivity contribution in [3.8, 4) is 0 Å². The minimum atomic E-state index is -3.38. The van der Waals surface area contributed by atoms with Crippen LogP contribution < -0.4 is 0 Å². The summed E-state index contributed by atoms with van der Waals surface area (Å²) in [7, 11) is -1.07. The number of carbonyl (C=O) groups is 1. The second-order valence-corrected chi connectivity index (χ2v) is 9.54. The molecule has 0 aliphatic heterocycles. The molecular weight excluding hydrogens is 300 g/mol. The molecule has 0 aromatic rings. The van der Waals surface area contributed by atoms with Gasteiger partial charge in [-0.3, -0.25) is 0 Å². The maximum absolute atomic E-state index is 11.8. The molecule has 0 fully saturated rings. The molecule has 0 rings (SSSR count). The minimum Gasteiger partial charge on any atom is -0.470 e. The van der Waals surface area contributed by atoms with Crippen LogP contribution in [-0.2, 0) is 31.0 Å². The molecule has 0 N–H and O–H groups in total. The first-order chi connectivity index (χ1) is 9.34. The van der Waals surface area contributed by atoms with E-state index in [0.717, 1.165) is 0 Å². The summed E-state index contributed by atoms with van der Waals surface area (Å²) >= 11 is 0. The van der Waals surface area contributed by atoms with Crippen LogP contribution in [0.25, 0.3) is 0 Å². The average molecular weight is 324 g/mol. The molecule has 118 valence electrons. The van der Waals surface area contributed by atoms with Gasteiger partial charge >= 0.3 is 23.8 Å². The van der Waals surface area contributed by atoms with Crippen molar-refractivity contribution >= 4 is 23.8 Å². The predicted octanol–water partition coefficient (Wildman–Crippen LogP) is 1.49. The molecule has 0 spiro atoms. The first-order valence-electron chi connectivity index (χ1n) is 6.13. The number of carbonyl (C=O) groups excluding carboxylic acids is 1. The summed E-state index contributed by atoms with van der Waals surface area (Å²) in [4.78, 5) is 11.8. The third-order valence-electron chi connectivity index (χ3n) is 2.49. The molecule has 0 amide bonds. The summed E-state index contributed by atoms with van der Waals surface area (Å²) in [6, 6.07) is 0.424. The Morgan fingerprint density at radius 1 is 1.05 bits per heavy atom. The molecule has 0 heterocycles. The van der Waals surface area contributed by atoms with Crippen LogP contribution in [0.4, 0.5) is 0 Å². The van der Waals surface area contributed by atoms with Crippen LogP contribution in [-0.4, -0.2) is 52.3 Å². The van der Waals surface area contributed by atoms with Gasteiger partial charge in [-0.2, -0.15) is 0 Å². The first-order valence-corrected chi connectivity index (χ1v) is 9.70. The summed E-state index contributed by atoms with van der Waals surface area (Å²) in [6.07, 6.45) is 0.700. The van der Waals surface area contributed by atoms with Gasteiger partial charge in [0.2, 0.25) is 0 Å². The normalized spacial score (nSPS) is 14.7. The molecule has 0 aromatic heterocycles. The molecule has 0 aromatic carbocycles. The van der Waals surface area contributed by atoms with E-state index in [1.807, 2.05) is 6.92 Å². The molecular formula is C11H24O7Si2. The van der Waals surface area contributed by atoms with Gasteiger partial charge in [0.25, 0.3) is 0 Å². The Kier molecular flexibility index (Phi) is 8.43. The van der Waals surface area contributed by atoms with Crippen molar-refractivity contribution < 1.29 is 31.0 Å². The zero-order valence-corrected chi connectivity index (χ0v) is 15.0. The van der Waals surface area contributed by atoms with E-state index in [4.69, 9.17) is 26.2 Å². The Morgan fingerprint density at radius 2 is 1.55 bits per heavy atom. The van der Waals surface area contributed by atoms with E-state index in [1.165, 1.54) is 28.4 Å². The van der Waals surface area contributed by atoms with E-state index >= 15 is 0 Å². The van der Waals surface area contributed by atoms with Gasteiger partial charge in [0, 0.05) is 40.1 Å². The zero-order valence-electron chi connectivity index (χ0n) is 13.0. The molecule has 0 bridgehead atoms. The SMILES string of the molecule is C=C(C)C(=O)O[Si](CCC)(OC)O[Si](OC)(OC)OC. The van der Waals surface area contributed by atoms with Crippen LogP contribution in [0.1, 0.15) is 20.3 Å². The van der Waals surface area contributed by atoms with Crippen molar-refractivity contribution in [1.82, 2.24) is 0 Å². The van der Waals surface area contributed by atoms with Crippen LogP contribution in [0.3, 0.4) is 0 Å². The topological polar surface area (TPSA) is 72.5 Å². The summed E-state index contributed by atoms with van der Waals surface area (Å²) in [5.74, 6) is -0.571. The van der Waals surface area contributed by atoms with Crippen molar-refractivity contribution in [2.24, 2.45) is 0 Å². The maximum atomic E-state index is 11.8. The fourth-order valence-corrected chi connectivity index (χ4v) is 6.80. The van der Waals surface area contributed by atoms with Crippen molar-refractivity contribution in [1.29, 1.82) is 0 Å². The Morgan fingerprint density at radius 3 is 1.85 bits per heavy atom. The summed E-state index contributed by atoms with van der Waals surface area (Å²) in [5, 5.41) is 0. The number of rotatable bonds is 10. The fourth-order valence-electron chi connectivity index (χ4n) is 1.41. The van der Waals surface area contributed by atoms with Crippen molar-refractivity contribution in [3.05, 3.63) is 12.2 Å². The zero-order chi connectivity index (χ0) is 15.8. The highest BCUT2D eigenvalue weighted by molar-refractivity contribution is 6.73. The number of hydrogen-bond acceptors (Lipinski definition) is 7. The number of hydrogen-bond donors (Lipinski definition) is 0. The molecule has 0 aliphatic carbocycles. The summed E-state index contributed by atoms with van der Waals surface area (Å²) < 4.78 is 32.2. The van der Waals surface area contributed by atoms with E-state index < -0.39 is 23.8 Å². The van der Waals surface area contributed by atoms with Gasteiger partial charge in [-0.25, -0.2) is 4.79 Å². The highest BCUT2D eigenvalue weighted by Gasteiger charge is 2.56. The monoisotopic (exact) mass is 324 g/mol. The molecule has 0 aliphatic rings. The molecule has 0 radical (unpaired) electrons. The second-order valence-electron chi connectivity index (χ2n) is 4.02. The van der Waals surface area contributed by atoms with Crippen LogP contribution in [0.5, 0.6) is 0 Å². The third-order valence-corrected chi connectivity index (χ3v) is 8.47. The molecule has 1 unspecified atom stereocenters. The molecule has 9 heteroatoms. The Balaban J connectivity index is 5.30. The lowest BCUT2D eigenvalue weighted by Crippen LogP contribution is -2.59. The van der Waals surface area contributed by atoms with Crippen LogP contribution in [0.15, 0.2) is 12.2 Å². The van der Waals surface area contributed by atoms with E-state index in [2.05, 4.69) is 6.58 Å². The molecule has 7 nitrogen and oxygen atoms in total. The summed E-state index contributed by atoms with van der Waals surface area (Å²) in [5.41, 5.74) is 0.262. The quantitative estimate of drug-likeness (QED) is 0.445. The van der Waals surface area contributed by atoms with Crippen LogP contribution in [0.2, 0.25) is 6.04 Å². The van der Waals surface area contributed by atoms with E-state index in [-0.39, 0.29) is 5.57 Å². The lowest BCUT2D eigenvalue weighted by Gasteiger charge is -2.33. The predicted molar refractivity (Wildman–Crippen MR) is 76.6 cm³/mol. The van der Waals surface area contributed by atoms with E-state index in [1.54, 1.807) is 6.92 Å².